The summed E-state index contributed by atoms with van der Waals surface area (Å²) in [6, 6.07) is 0. The molecule has 0 radical (unpaired) electrons. The van der Waals surface area contributed by atoms with E-state index in [1.54, 1.807) is 7.05 Å². The molecule has 0 aromatic heterocycles. The predicted molar refractivity (Wildman–Crippen MR) is 88.8 cm³/mol. The minimum atomic E-state index is -2.05. The van der Waals surface area contributed by atoms with Crippen LogP contribution in [-0.4, -0.2) is 71.1 Å². The molecule has 0 N–H and O–H groups in total. The molecule has 3 heterocycles. The summed E-state index contributed by atoms with van der Waals surface area (Å²) in [6.07, 6.45) is 2.38. The maximum absolute atomic E-state index is 12.9. The minimum Gasteiger partial charge on any atom is -0.375 e. The lowest BCUT2D eigenvalue weighted by atomic mass is 9.92. The Morgan fingerprint density at radius 1 is 1.30 bits per heavy atom. The lowest BCUT2D eigenvalue weighted by molar-refractivity contribution is -0.157. The molecule has 3 aliphatic heterocycles. The van der Waals surface area contributed by atoms with Crippen LogP contribution in [-0.2, 0) is 24.0 Å². The summed E-state index contributed by atoms with van der Waals surface area (Å²) in [7, 11) is -0.412. The smallest absolute Gasteiger partial charge is 0.228 e. The van der Waals surface area contributed by atoms with Gasteiger partial charge in [0, 0.05) is 41.4 Å². The van der Waals surface area contributed by atoms with Crippen molar-refractivity contribution in [1.29, 1.82) is 0 Å². The average molecular weight is 344 g/mol. The number of rotatable bonds is 1. The summed E-state index contributed by atoms with van der Waals surface area (Å²) in [5, 5.41) is 0. The Kier molecular flexibility index (Phi) is 4.73. The number of ether oxygens (including phenoxy) is 2. The van der Waals surface area contributed by atoms with Gasteiger partial charge in [-0.25, -0.2) is 8.57 Å². The molecule has 0 aromatic rings. The quantitative estimate of drug-likeness (QED) is 0.719. The van der Waals surface area contributed by atoms with Crippen molar-refractivity contribution in [2.24, 2.45) is 10.3 Å². The fourth-order valence-corrected chi connectivity index (χ4v) is 5.99. The SMILES string of the molecule is CN=S1(=O)CCC2(CC1)CN(C(=O)C1CC(C)OC1C)CCO2. The molecule has 3 aliphatic rings. The van der Waals surface area contributed by atoms with Crippen LogP contribution in [0.5, 0.6) is 0 Å². The summed E-state index contributed by atoms with van der Waals surface area (Å²) >= 11 is 0. The fourth-order valence-electron chi connectivity index (χ4n) is 4.04. The second-order valence-electron chi connectivity index (χ2n) is 7.15. The van der Waals surface area contributed by atoms with Crippen molar-refractivity contribution in [2.45, 2.75) is 50.9 Å². The second-order valence-corrected chi connectivity index (χ2v) is 9.88. The van der Waals surface area contributed by atoms with Gasteiger partial charge in [-0.05, 0) is 33.1 Å². The van der Waals surface area contributed by atoms with Crippen molar-refractivity contribution in [3.05, 3.63) is 0 Å². The first-order chi connectivity index (χ1) is 10.9. The molecule has 3 unspecified atom stereocenters. The Morgan fingerprint density at radius 3 is 2.57 bits per heavy atom. The molecule has 0 bridgehead atoms. The lowest BCUT2D eigenvalue weighted by Crippen LogP contribution is -2.57. The monoisotopic (exact) mass is 344 g/mol. The summed E-state index contributed by atoms with van der Waals surface area (Å²) in [5.74, 6) is 1.30. The number of carbonyl (C=O) groups excluding carboxylic acids is 1. The van der Waals surface area contributed by atoms with Crippen molar-refractivity contribution in [3.63, 3.8) is 0 Å². The van der Waals surface area contributed by atoms with E-state index in [1.807, 2.05) is 18.7 Å². The highest BCUT2D eigenvalue weighted by atomic mass is 32.2. The van der Waals surface area contributed by atoms with E-state index in [2.05, 4.69) is 4.36 Å². The zero-order chi connectivity index (χ0) is 16.7. The molecule has 1 spiro atoms. The van der Waals surface area contributed by atoms with E-state index < -0.39 is 9.73 Å². The van der Waals surface area contributed by atoms with Gasteiger partial charge in [0.05, 0.1) is 30.3 Å². The summed E-state index contributed by atoms with van der Waals surface area (Å²) in [6.45, 7) is 5.83. The first kappa shape index (κ1) is 17.2. The molecule has 3 fully saturated rings. The van der Waals surface area contributed by atoms with Gasteiger partial charge in [0.1, 0.15) is 0 Å². The predicted octanol–water partition coefficient (Wildman–Crippen LogP) is 1.29. The van der Waals surface area contributed by atoms with Crippen LogP contribution in [0.4, 0.5) is 0 Å². The van der Waals surface area contributed by atoms with Crippen molar-refractivity contribution in [2.75, 3.05) is 38.2 Å². The van der Waals surface area contributed by atoms with Crippen molar-refractivity contribution in [3.8, 4) is 0 Å². The molecule has 3 atom stereocenters. The van der Waals surface area contributed by atoms with Crippen molar-refractivity contribution < 1.29 is 18.5 Å². The highest BCUT2D eigenvalue weighted by molar-refractivity contribution is 7.93. The van der Waals surface area contributed by atoms with E-state index >= 15 is 0 Å². The van der Waals surface area contributed by atoms with Gasteiger partial charge in [0.15, 0.2) is 0 Å². The number of amides is 1. The van der Waals surface area contributed by atoms with Crippen LogP contribution >= 0.6 is 0 Å². The van der Waals surface area contributed by atoms with Gasteiger partial charge >= 0.3 is 0 Å². The average Bonchev–Trinajstić information content (AvgIpc) is 2.89. The van der Waals surface area contributed by atoms with Gasteiger partial charge < -0.3 is 14.4 Å². The highest BCUT2D eigenvalue weighted by Crippen LogP contribution is 2.34. The van der Waals surface area contributed by atoms with Crippen LogP contribution in [0.15, 0.2) is 4.36 Å². The molecule has 3 saturated heterocycles. The fraction of sp³-hybridized carbons (Fsp3) is 0.938. The van der Waals surface area contributed by atoms with Crippen LogP contribution in [0, 0.1) is 5.92 Å². The van der Waals surface area contributed by atoms with Gasteiger partial charge in [-0.15, -0.1) is 0 Å². The number of nitrogens with zero attached hydrogens (tertiary/aromatic N) is 2. The zero-order valence-electron chi connectivity index (χ0n) is 14.3. The molecule has 0 aliphatic carbocycles. The van der Waals surface area contributed by atoms with Crippen LogP contribution in [0.1, 0.15) is 33.1 Å². The Balaban J connectivity index is 1.67. The van der Waals surface area contributed by atoms with Crippen molar-refractivity contribution in [1.82, 2.24) is 4.90 Å². The first-order valence-corrected chi connectivity index (χ1v) is 10.4. The number of hydrogen-bond acceptors (Lipinski definition) is 5. The standard InChI is InChI=1S/C16H28N2O4S/c1-12-10-14(13(2)22-12)15(19)18-6-7-21-16(11-18)4-8-23(20,17-3)9-5-16/h12-14H,4-11H2,1-3H3. The Bertz CT molecular complexity index is 571. The first-order valence-electron chi connectivity index (χ1n) is 8.55. The molecule has 23 heavy (non-hydrogen) atoms. The van der Waals surface area contributed by atoms with Crippen molar-refractivity contribution >= 4 is 15.6 Å². The van der Waals surface area contributed by atoms with Gasteiger partial charge in [0.25, 0.3) is 0 Å². The third-order valence-electron chi connectivity index (χ3n) is 5.56. The van der Waals surface area contributed by atoms with E-state index in [9.17, 15) is 9.00 Å². The van der Waals surface area contributed by atoms with E-state index in [0.717, 1.165) is 19.3 Å². The van der Waals surface area contributed by atoms with E-state index in [0.29, 0.717) is 31.2 Å². The molecular formula is C16H28N2O4S. The lowest BCUT2D eigenvalue weighted by Gasteiger charge is -2.46. The summed E-state index contributed by atoms with van der Waals surface area (Å²) in [5.41, 5.74) is -0.326. The summed E-state index contributed by atoms with van der Waals surface area (Å²) < 4.78 is 28.2. The van der Waals surface area contributed by atoms with Crippen LogP contribution in [0.3, 0.4) is 0 Å². The molecule has 1 amide bonds. The third-order valence-corrected chi connectivity index (χ3v) is 7.91. The topological polar surface area (TPSA) is 68.2 Å². The molecule has 0 aromatic carbocycles. The zero-order valence-corrected chi connectivity index (χ0v) is 15.1. The maximum Gasteiger partial charge on any atom is 0.228 e. The van der Waals surface area contributed by atoms with E-state index in [1.165, 1.54) is 0 Å². The second kappa shape index (κ2) is 6.33. The summed E-state index contributed by atoms with van der Waals surface area (Å²) in [4.78, 5) is 14.8. The van der Waals surface area contributed by atoms with E-state index in [-0.39, 0.29) is 29.6 Å². The Morgan fingerprint density at radius 2 is 2.00 bits per heavy atom. The maximum atomic E-state index is 12.9. The highest BCUT2D eigenvalue weighted by Gasteiger charge is 2.45. The Labute approximate surface area is 139 Å². The molecule has 3 rings (SSSR count). The Hall–Kier alpha value is -0.660. The van der Waals surface area contributed by atoms with Gasteiger partial charge in [-0.2, -0.15) is 0 Å². The third kappa shape index (κ3) is 3.42. The number of carbonyl (C=O) groups is 1. The van der Waals surface area contributed by atoms with Crippen LogP contribution in [0.2, 0.25) is 0 Å². The minimum absolute atomic E-state index is 0.0136. The molecule has 132 valence electrons. The largest absolute Gasteiger partial charge is 0.375 e. The molecule has 0 saturated carbocycles. The molecular weight excluding hydrogens is 316 g/mol. The van der Waals surface area contributed by atoms with E-state index in [4.69, 9.17) is 9.47 Å². The van der Waals surface area contributed by atoms with Crippen LogP contribution < -0.4 is 0 Å². The number of hydrogen-bond donors (Lipinski definition) is 0. The molecule has 6 nitrogen and oxygen atoms in total. The molecule has 7 heteroatoms. The van der Waals surface area contributed by atoms with Gasteiger partial charge in [-0.1, -0.05) is 0 Å². The number of morpholine rings is 1. The van der Waals surface area contributed by atoms with Gasteiger partial charge in [-0.3, -0.25) is 4.79 Å². The normalized spacial score (nSPS) is 44.5. The van der Waals surface area contributed by atoms with Crippen LogP contribution in [0.25, 0.3) is 0 Å². The van der Waals surface area contributed by atoms with Gasteiger partial charge in [0.2, 0.25) is 5.91 Å².